The van der Waals surface area contributed by atoms with Gasteiger partial charge in [-0.2, -0.15) is 11.8 Å². The average molecular weight is 226 g/mol. The van der Waals surface area contributed by atoms with Gasteiger partial charge in [0, 0.05) is 11.3 Å². The number of aromatic hydroxyl groups is 2. The summed E-state index contributed by atoms with van der Waals surface area (Å²) in [6.45, 7) is 6.26. The zero-order valence-corrected chi connectivity index (χ0v) is 10.5. The first kappa shape index (κ1) is 12.2. The van der Waals surface area contributed by atoms with Gasteiger partial charge in [0.25, 0.3) is 0 Å². The Bertz CT molecular complexity index is 353. The fraction of sp³-hybridized carbons (Fsp3) is 0.500. The van der Waals surface area contributed by atoms with Crippen molar-refractivity contribution in [3.05, 3.63) is 23.3 Å². The van der Waals surface area contributed by atoms with Crippen LogP contribution in [0.25, 0.3) is 0 Å². The monoisotopic (exact) mass is 226 g/mol. The molecule has 3 heteroatoms. The Morgan fingerprint density at radius 3 is 2.27 bits per heavy atom. The molecule has 0 fully saturated rings. The van der Waals surface area contributed by atoms with E-state index in [1.165, 1.54) is 0 Å². The summed E-state index contributed by atoms with van der Waals surface area (Å²) in [4.78, 5) is 0. The van der Waals surface area contributed by atoms with Crippen LogP contribution >= 0.6 is 11.8 Å². The van der Waals surface area contributed by atoms with Crippen molar-refractivity contribution in [1.82, 2.24) is 0 Å². The summed E-state index contributed by atoms with van der Waals surface area (Å²) in [5, 5.41) is 19.3. The van der Waals surface area contributed by atoms with E-state index in [4.69, 9.17) is 0 Å². The molecule has 1 rings (SSSR count). The van der Waals surface area contributed by atoms with Crippen molar-refractivity contribution in [1.29, 1.82) is 0 Å². The SMILES string of the molecule is CSCc1cc(C(C)(C)C)cc(O)c1O. The van der Waals surface area contributed by atoms with E-state index in [9.17, 15) is 10.2 Å². The maximum absolute atomic E-state index is 9.66. The first-order valence-corrected chi connectivity index (χ1v) is 6.30. The highest BCUT2D eigenvalue weighted by Crippen LogP contribution is 2.36. The summed E-state index contributed by atoms with van der Waals surface area (Å²) in [6.07, 6.45) is 1.97. The first-order chi connectivity index (χ1) is 6.86. The molecule has 0 amide bonds. The molecule has 0 saturated heterocycles. The van der Waals surface area contributed by atoms with Gasteiger partial charge in [0.2, 0.25) is 0 Å². The lowest BCUT2D eigenvalue weighted by molar-refractivity contribution is 0.398. The lowest BCUT2D eigenvalue weighted by Crippen LogP contribution is -2.11. The van der Waals surface area contributed by atoms with Crippen LogP contribution in [0, 0.1) is 0 Å². The minimum Gasteiger partial charge on any atom is -0.504 e. The second-order valence-corrected chi connectivity index (χ2v) is 5.55. The predicted octanol–water partition coefficient (Wildman–Crippen LogP) is 3.26. The van der Waals surface area contributed by atoms with Gasteiger partial charge >= 0.3 is 0 Å². The van der Waals surface area contributed by atoms with Gasteiger partial charge in [-0.3, -0.25) is 0 Å². The number of rotatable bonds is 2. The Hall–Kier alpha value is -0.830. The first-order valence-electron chi connectivity index (χ1n) is 4.90. The van der Waals surface area contributed by atoms with Crippen molar-refractivity contribution in [3.8, 4) is 11.5 Å². The smallest absolute Gasteiger partial charge is 0.161 e. The van der Waals surface area contributed by atoms with Gasteiger partial charge in [0.15, 0.2) is 11.5 Å². The molecule has 2 nitrogen and oxygen atoms in total. The number of benzene rings is 1. The van der Waals surface area contributed by atoms with Gasteiger partial charge in [-0.1, -0.05) is 26.8 Å². The molecule has 1 aromatic carbocycles. The van der Waals surface area contributed by atoms with Gasteiger partial charge < -0.3 is 10.2 Å². The third-order valence-electron chi connectivity index (χ3n) is 2.33. The number of phenols is 2. The Morgan fingerprint density at radius 2 is 1.80 bits per heavy atom. The summed E-state index contributed by atoms with van der Waals surface area (Å²) >= 11 is 1.63. The summed E-state index contributed by atoms with van der Waals surface area (Å²) in [6, 6.07) is 3.60. The van der Waals surface area contributed by atoms with E-state index in [-0.39, 0.29) is 16.9 Å². The van der Waals surface area contributed by atoms with Gasteiger partial charge in [-0.25, -0.2) is 0 Å². The zero-order chi connectivity index (χ0) is 11.6. The van der Waals surface area contributed by atoms with E-state index in [0.29, 0.717) is 5.75 Å². The lowest BCUT2D eigenvalue weighted by atomic mass is 9.86. The molecule has 0 spiro atoms. The summed E-state index contributed by atoms with van der Waals surface area (Å²) in [5.74, 6) is 0.701. The van der Waals surface area contributed by atoms with Crippen LogP contribution in [0.15, 0.2) is 12.1 Å². The molecule has 0 aliphatic heterocycles. The summed E-state index contributed by atoms with van der Waals surface area (Å²) in [7, 11) is 0. The standard InChI is InChI=1S/C12H18O2S/c1-12(2,3)9-5-8(7-15-4)11(14)10(13)6-9/h5-6,13-14H,7H2,1-4H3. The maximum atomic E-state index is 9.66. The predicted molar refractivity (Wildman–Crippen MR) is 65.7 cm³/mol. The molecule has 84 valence electrons. The lowest BCUT2D eigenvalue weighted by Gasteiger charge is -2.21. The highest BCUT2D eigenvalue weighted by Gasteiger charge is 2.18. The quantitative estimate of drug-likeness (QED) is 0.760. The van der Waals surface area contributed by atoms with Crippen LogP contribution in [0.2, 0.25) is 0 Å². The van der Waals surface area contributed by atoms with Crippen LogP contribution < -0.4 is 0 Å². The van der Waals surface area contributed by atoms with Gasteiger partial charge in [-0.15, -0.1) is 0 Å². The van der Waals surface area contributed by atoms with Crippen LogP contribution in [0.1, 0.15) is 31.9 Å². The fourth-order valence-corrected chi connectivity index (χ4v) is 1.91. The Kier molecular flexibility index (Phi) is 3.55. The molecule has 0 heterocycles. The minimum absolute atomic E-state index is 0.0114. The molecular formula is C12H18O2S. The van der Waals surface area contributed by atoms with Crippen LogP contribution in [0.4, 0.5) is 0 Å². The van der Waals surface area contributed by atoms with Gasteiger partial charge in [-0.05, 0) is 23.3 Å². The van der Waals surface area contributed by atoms with E-state index in [1.54, 1.807) is 17.8 Å². The Morgan fingerprint density at radius 1 is 1.20 bits per heavy atom. The molecule has 0 unspecified atom stereocenters. The molecule has 0 atom stereocenters. The van der Waals surface area contributed by atoms with Gasteiger partial charge in [0.1, 0.15) is 0 Å². The van der Waals surface area contributed by atoms with E-state index in [2.05, 4.69) is 20.8 Å². The van der Waals surface area contributed by atoms with E-state index in [0.717, 1.165) is 11.1 Å². The molecule has 1 aromatic rings. The molecular weight excluding hydrogens is 208 g/mol. The van der Waals surface area contributed by atoms with Crippen molar-refractivity contribution in [3.63, 3.8) is 0 Å². The molecule has 2 N–H and O–H groups in total. The van der Waals surface area contributed by atoms with E-state index < -0.39 is 0 Å². The highest BCUT2D eigenvalue weighted by atomic mass is 32.2. The maximum Gasteiger partial charge on any atom is 0.161 e. The molecule has 0 aliphatic carbocycles. The third-order valence-corrected chi connectivity index (χ3v) is 2.93. The van der Waals surface area contributed by atoms with Crippen molar-refractivity contribution < 1.29 is 10.2 Å². The number of hydrogen-bond acceptors (Lipinski definition) is 3. The second-order valence-electron chi connectivity index (χ2n) is 4.69. The van der Waals surface area contributed by atoms with Crippen molar-refractivity contribution in [2.75, 3.05) is 6.26 Å². The summed E-state index contributed by atoms with van der Waals surface area (Å²) in [5.41, 5.74) is 1.83. The fourth-order valence-electron chi connectivity index (χ4n) is 1.38. The molecule has 0 saturated carbocycles. The molecule has 0 aromatic heterocycles. The topological polar surface area (TPSA) is 40.5 Å². The van der Waals surface area contributed by atoms with E-state index >= 15 is 0 Å². The minimum atomic E-state index is -0.0218. The second kappa shape index (κ2) is 4.35. The van der Waals surface area contributed by atoms with Crippen molar-refractivity contribution >= 4 is 11.8 Å². The van der Waals surface area contributed by atoms with Crippen molar-refractivity contribution in [2.24, 2.45) is 0 Å². The Labute approximate surface area is 95.3 Å². The van der Waals surface area contributed by atoms with Crippen LogP contribution in [0.3, 0.4) is 0 Å². The summed E-state index contributed by atoms with van der Waals surface area (Å²) < 4.78 is 0. The Balaban J connectivity index is 3.23. The molecule has 0 aliphatic rings. The number of thioether (sulfide) groups is 1. The molecule has 0 bridgehead atoms. The van der Waals surface area contributed by atoms with Gasteiger partial charge in [0.05, 0.1) is 0 Å². The number of phenolic OH excluding ortho intramolecular Hbond substituents is 2. The zero-order valence-electron chi connectivity index (χ0n) is 9.66. The van der Waals surface area contributed by atoms with Crippen LogP contribution in [-0.2, 0) is 11.2 Å². The average Bonchev–Trinajstić information content (AvgIpc) is 2.11. The van der Waals surface area contributed by atoms with E-state index in [1.807, 2.05) is 12.3 Å². The normalized spacial score (nSPS) is 11.7. The van der Waals surface area contributed by atoms with Crippen LogP contribution in [-0.4, -0.2) is 16.5 Å². The highest BCUT2D eigenvalue weighted by molar-refractivity contribution is 7.97. The molecule has 0 radical (unpaired) electrons. The largest absolute Gasteiger partial charge is 0.504 e. The molecule has 15 heavy (non-hydrogen) atoms. The van der Waals surface area contributed by atoms with Crippen LogP contribution in [0.5, 0.6) is 11.5 Å². The third kappa shape index (κ3) is 2.81. The van der Waals surface area contributed by atoms with Crippen molar-refractivity contribution in [2.45, 2.75) is 31.9 Å². The number of hydrogen-bond donors (Lipinski definition) is 2.